The lowest BCUT2D eigenvalue weighted by Gasteiger charge is -2.35. The van der Waals surface area contributed by atoms with E-state index >= 15 is 0 Å². The summed E-state index contributed by atoms with van der Waals surface area (Å²) >= 11 is 0. The number of carbonyl (C=O) groups is 1. The van der Waals surface area contributed by atoms with Gasteiger partial charge in [-0.1, -0.05) is 30.1 Å². The van der Waals surface area contributed by atoms with Crippen LogP contribution >= 0.6 is 0 Å². The van der Waals surface area contributed by atoms with Crippen molar-refractivity contribution < 1.29 is 14.1 Å². The summed E-state index contributed by atoms with van der Waals surface area (Å²) in [6.07, 6.45) is 4.20. The van der Waals surface area contributed by atoms with Crippen LogP contribution in [0.25, 0.3) is 11.4 Å². The van der Waals surface area contributed by atoms with Crippen molar-refractivity contribution in [1.29, 1.82) is 0 Å². The van der Waals surface area contributed by atoms with Crippen LogP contribution < -0.4 is 5.73 Å². The standard InChI is InChI=1S/C17H21N3O3/c1-17(18)10-4-3-5-13(17)15-19-14(20-23-15)11-6-8-12(9-7-11)16(21)22-2/h6-9,13H,3-5,10,18H2,1-2H3. The number of ether oxygens (including phenoxy) is 1. The molecule has 6 heteroatoms. The maximum Gasteiger partial charge on any atom is 0.337 e. The summed E-state index contributed by atoms with van der Waals surface area (Å²) in [6, 6.07) is 6.93. The largest absolute Gasteiger partial charge is 0.465 e. The molecule has 0 aliphatic heterocycles. The molecule has 1 aromatic heterocycles. The Kier molecular flexibility index (Phi) is 4.17. The molecule has 0 spiro atoms. The first-order valence-electron chi connectivity index (χ1n) is 7.82. The van der Waals surface area contributed by atoms with Crippen LogP contribution in [-0.4, -0.2) is 28.8 Å². The lowest BCUT2D eigenvalue weighted by Crippen LogP contribution is -2.44. The molecular weight excluding hydrogens is 294 g/mol. The Hall–Kier alpha value is -2.21. The van der Waals surface area contributed by atoms with Crippen LogP contribution in [0.15, 0.2) is 28.8 Å². The fraction of sp³-hybridized carbons (Fsp3) is 0.471. The zero-order valence-corrected chi connectivity index (χ0v) is 13.4. The molecule has 1 aromatic carbocycles. The molecule has 0 bridgehead atoms. The van der Waals surface area contributed by atoms with Gasteiger partial charge in [-0.2, -0.15) is 4.98 Å². The predicted molar refractivity (Wildman–Crippen MR) is 84.9 cm³/mol. The summed E-state index contributed by atoms with van der Waals surface area (Å²) in [6.45, 7) is 2.05. The third-order valence-corrected chi connectivity index (χ3v) is 4.56. The van der Waals surface area contributed by atoms with E-state index in [0.717, 1.165) is 31.2 Å². The van der Waals surface area contributed by atoms with Crippen LogP contribution in [0.4, 0.5) is 0 Å². The van der Waals surface area contributed by atoms with Crippen molar-refractivity contribution in [3.05, 3.63) is 35.7 Å². The molecule has 2 atom stereocenters. The number of rotatable bonds is 3. The van der Waals surface area contributed by atoms with E-state index in [-0.39, 0.29) is 17.4 Å². The number of esters is 1. The summed E-state index contributed by atoms with van der Waals surface area (Å²) in [4.78, 5) is 16.0. The molecule has 1 heterocycles. The molecular formula is C17H21N3O3. The van der Waals surface area contributed by atoms with Crippen LogP contribution in [0.2, 0.25) is 0 Å². The van der Waals surface area contributed by atoms with Gasteiger partial charge in [0.05, 0.1) is 18.6 Å². The third kappa shape index (κ3) is 3.12. The van der Waals surface area contributed by atoms with E-state index in [2.05, 4.69) is 14.9 Å². The van der Waals surface area contributed by atoms with E-state index < -0.39 is 0 Å². The van der Waals surface area contributed by atoms with Gasteiger partial charge in [0.2, 0.25) is 11.7 Å². The van der Waals surface area contributed by atoms with Crippen LogP contribution in [0.1, 0.15) is 54.8 Å². The smallest absolute Gasteiger partial charge is 0.337 e. The molecule has 3 rings (SSSR count). The lowest BCUT2D eigenvalue weighted by molar-refractivity contribution is 0.0601. The van der Waals surface area contributed by atoms with Gasteiger partial charge in [-0.3, -0.25) is 0 Å². The molecule has 23 heavy (non-hydrogen) atoms. The summed E-state index contributed by atoms with van der Waals surface area (Å²) in [5.41, 5.74) is 7.36. The molecule has 1 aliphatic rings. The molecule has 1 fully saturated rings. The number of nitrogens with zero attached hydrogens (tertiary/aromatic N) is 2. The van der Waals surface area contributed by atoms with Gasteiger partial charge in [0.15, 0.2) is 0 Å². The van der Waals surface area contributed by atoms with Crippen molar-refractivity contribution in [2.75, 3.05) is 7.11 Å². The summed E-state index contributed by atoms with van der Waals surface area (Å²) < 4.78 is 10.1. The average molecular weight is 315 g/mol. The first kappa shape index (κ1) is 15.7. The molecule has 1 aliphatic carbocycles. The van der Waals surface area contributed by atoms with Gasteiger partial charge < -0.3 is 15.0 Å². The summed E-state index contributed by atoms with van der Waals surface area (Å²) in [5, 5.41) is 4.06. The zero-order valence-electron chi connectivity index (χ0n) is 13.4. The number of aromatic nitrogens is 2. The van der Waals surface area contributed by atoms with Crippen molar-refractivity contribution >= 4 is 5.97 Å². The molecule has 0 radical (unpaired) electrons. The fourth-order valence-corrected chi connectivity index (χ4v) is 3.13. The van der Waals surface area contributed by atoms with E-state index in [1.54, 1.807) is 24.3 Å². The maximum atomic E-state index is 11.5. The minimum absolute atomic E-state index is 0.0897. The second kappa shape index (κ2) is 6.12. The Morgan fingerprint density at radius 2 is 2.09 bits per heavy atom. The van der Waals surface area contributed by atoms with Crippen molar-refractivity contribution in [1.82, 2.24) is 10.1 Å². The normalized spacial score (nSPS) is 24.4. The highest BCUT2D eigenvalue weighted by atomic mass is 16.5. The monoisotopic (exact) mass is 315 g/mol. The Morgan fingerprint density at radius 3 is 2.74 bits per heavy atom. The van der Waals surface area contributed by atoms with Gasteiger partial charge in [0, 0.05) is 11.1 Å². The molecule has 0 saturated heterocycles. The molecule has 2 aromatic rings. The van der Waals surface area contributed by atoms with Crippen LogP contribution in [0.5, 0.6) is 0 Å². The fourth-order valence-electron chi connectivity index (χ4n) is 3.13. The average Bonchev–Trinajstić information content (AvgIpc) is 3.03. The van der Waals surface area contributed by atoms with E-state index in [0.29, 0.717) is 17.3 Å². The Balaban J connectivity index is 1.83. The van der Waals surface area contributed by atoms with Gasteiger partial charge in [0.1, 0.15) is 0 Å². The first-order valence-corrected chi connectivity index (χ1v) is 7.82. The van der Waals surface area contributed by atoms with Crippen LogP contribution in [0, 0.1) is 0 Å². The van der Waals surface area contributed by atoms with Crippen molar-refractivity contribution in [3.8, 4) is 11.4 Å². The second-order valence-corrected chi connectivity index (χ2v) is 6.33. The highest BCUT2D eigenvalue weighted by Gasteiger charge is 2.37. The lowest BCUT2D eigenvalue weighted by atomic mass is 9.74. The minimum atomic E-state index is -0.369. The first-order chi connectivity index (χ1) is 11.0. The Labute approximate surface area is 135 Å². The van der Waals surface area contributed by atoms with Crippen molar-refractivity contribution in [3.63, 3.8) is 0 Å². The highest BCUT2D eigenvalue weighted by molar-refractivity contribution is 5.89. The van der Waals surface area contributed by atoms with Gasteiger partial charge in [-0.25, -0.2) is 4.79 Å². The summed E-state index contributed by atoms with van der Waals surface area (Å²) in [7, 11) is 1.36. The number of hydrogen-bond acceptors (Lipinski definition) is 6. The van der Waals surface area contributed by atoms with E-state index in [9.17, 15) is 4.79 Å². The van der Waals surface area contributed by atoms with Gasteiger partial charge in [-0.15, -0.1) is 0 Å². The number of carbonyl (C=O) groups excluding carboxylic acids is 1. The third-order valence-electron chi connectivity index (χ3n) is 4.56. The molecule has 2 unspecified atom stereocenters. The van der Waals surface area contributed by atoms with Gasteiger partial charge >= 0.3 is 5.97 Å². The predicted octanol–water partition coefficient (Wildman–Crippen LogP) is 2.90. The molecule has 1 saturated carbocycles. The van der Waals surface area contributed by atoms with Crippen LogP contribution in [0.3, 0.4) is 0 Å². The maximum absolute atomic E-state index is 11.5. The van der Waals surface area contributed by atoms with Crippen LogP contribution in [-0.2, 0) is 4.74 Å². The molecule has 122 valence electrons. The molecule has 6 nitrogen and oxygen atoms in total. The van der Waals surface area contributed by atoms with E-state index in [1.165, 1.54) is 7.11 Å². The SMILES string of the molecule is COC(=O)c1ccc(-c2noc(C3CCCCC3(C)N)n2)cc1. The Morgan fingerprint density at radius 1 is 1.35 bits per heavy atom. The topological polar surface area (TPSA) is 91.2 Å². The second-order valence-electron chi connectivity index (χ2n) is 6.33. The highest BCUT2D eigenvalue weighted by Crippen LogP contribution is 2.38. The Bertz CT molecular complexity index is 691. The van der Waals surface area contributed by atoms with Crippen molar-refractivity contribution in [2.45, 2.75) is 44.1 Å². The molecule has 2 N–H and O–H groups in total. The van der Waals surface area contributed by atoms with E-state index in [4.69, 9.17) is 10.3 Å². The van der Waals surface area contributed by atoms with Gasteiger partial charge in [0.25, 0.3) is 0 Å². The van der Waals surface area contributed by atoms with E-state index in [1.807, 2.05) is 6.92 Å². The quantitative estimate of drug-likeness (QED) is 0.876. The summed E-state index contributed by atoms with van der Waals surface area (Å²) in [5.74, 6) is 0.831. The van der Waals surface area contributed by atoms with Crippen molar-refractivity contribution in [2.24, 2.45) is 5.73 Å². The van der Waals surface area contributed by atoms with Gasteiger partial charge in [-0.05, 0) is 31.9 Å². The number of hydrogen-bond donors (Lipinski definition) is 1. The molecule has 0 amide bonds. The number of nitrogens with two attached hydrogens (primary N) is 1. The number of methoxy groups -OCH3 is 1. The zero-order chi connectivity index (χ0) is 16.4. The number of benzene rings is 1. The minimum Gasteiger partial charge on any atom is -0.465 e.